The molecule has 0 aliphatic rings. The number of hydrogen-bond acceptors (Lipinski definition) is 7. The van der Waals surface area contributed by atoms with E-state index in [1.807, 2.05) is 0 Å². The van der Waals surface area contributed by atoms with Gasteiger partial charge in [-0.3, -0.25) is 14.6 Å². The number of H-pyrrole nitrogens is 1. The van der Waals surface area contributed by atoms with Crippen LogP contribution in [0.4, 0.5) is 22.0 Å². The number of benzene rings is 1. The molecule has 0 radical (unpaired) electrons. The van der Waals surface area contributed by atoms with Gasteiger partial charge in [0, 0.05) is 30.6 Å². The van der Waals surface area contributed by atoms with Crippen molar-refractivity contribution in [1.29, 1.82) is 0 Å². The van der Waals surface area contributed by atoms with E-state index in [4.69, 9.17) is 9.84 Å². The Hall–Kier alpha value is -4.43. The summed E-state index contributed by atoms with van der Waals surface area (Å²) in [4.78, 5) is 36.3. The summed E-state index contributed by atoms with van der Waals surface area (Å²) in [6.45, 7) is 1.39. The van der Waals surface area contributed by atoms with Gasteiger partial charge in [0.15, 0.2) is 17.1 Å². The third kappa shape index (κ3) is 5.49. The number of nitrogens with zero attached hydrogens (tertiary/aromatic N) is 2. The van der Waals surface area contributed by atoms with Gasteiger partial charge in [-0.1, -0.05) is 0 Å². The smallest absolute Gasteiger partial charge is 0.418 e. The summed E-state index contributed by atoms with van der Waals surface area (Å²) in [6, 6.07) is 4.11. The van der Waals surface area contributed by atoms with E-state index in [-0.39, 0.29) is 51.3 Å². The number of aliphatic hydroxyl groups excluding tert-OH is 2. The molecule has 0 saturated heterocycles. The lowest BCUT2D eigenvalue weighted by Gasteiger charge is -2.18. The molecule has 40 heavy (non-hydrogen) atoms. The fourth-order valence-electron chi connectivity index (χ4n) is 3.97. The van der Waals surface area contributed by atoms with Crippen LogP contribution in [0, 0.1) is 25.5 Å². The number of rotatable bonds is 7. The Morgan fingerprint density at radius 3 is 2.55 bits per heavy atom. The lowest BCUT2D eigenvalue weighted by atomic mass is 10.0. The Morgan fingerprint density at radius 1 is 1.15 bits per heavy atom. The number of aromatic amines is 1. The first-order valence-electron chi connectivity index (χ1n) is 11.6. The highest BCUT2D eigenvalue weighted by Crippen LogP contribution is 2.41. The van der Waals surface area contributed by atoms with Gasteiger partial charge < -0.3 is 25.3 Å². The number of amides is 1. The van der Waals surface area contributed by atoms with Gasteiger partial charge in [0.1, 0.15) is 11.4 Å². The standard InChI is InChI=1S/C26H21F5N4O5/c1-11-14(26(29,30)31)9-34-25(40-19-4-3-15(27)22(28)12(19)2)20(11)17-7-18(38)21-16(35-17)5-6-32-23(21)24(39)33-8-13(37)10-36/h3-7,9,13,36-37H,8,10H2,1-2H3,(H,33,39)(H,35,38). The number of carbonyl (C=O) groups excluding carboxylic acids is 1. The number of aromatic nitrogens is 3. The van der Waals surface area contributed by atoms with Crippen LogP contribution in [0.25, 0.3) is 22.2 Å². The second-order valence-electron chi connectivity index (χ2n) is 8.74. The van der Waals surface area contributed by atoms with Crippen LogP contribution in [-0.2, 0) is 6.18 Å². The van der Waals surface area contributed by atoms with E-state index in [9.17, 15) is 36.6 Å². The average molecular weight is 564 g/mol. The molecule has 4 N–H and O–H groups in total. The van der Waals surface area contributed by atoms with E-state index in [1.165, 1.54) is 19.2 Å². The predicted molar refractivity (Wildman–Crippen MR) is 132 cm³/mol. The summed E-state index contributed by atoms with van der Waals surface area (Å²) in [5.74, 6) is -3.86. The Labute approximate surface area is 222 Å². The van der Waals surface area contributed by atoms with Gasteiger partial charge in [0.2, 0.25) is 5.88 Å². The zero-order valence-corrected chi connectivity index (χ0v) is 20.9. The summed E-state index contributed by atoms with van der Waals surface area (Å²) in [7, 11) is 0. The van der Waals surface area contributed by atoms with Crippen molar-refractivity contribution >= 4 is 16.8 Å². The molecule has 1 aromatic carbocycles. The molecule has 3 heterocycles. The third-order valence-corrected chi connectivity index (χ3v) is 6.04. The zero-order chi connectivity index (χ0) is 29.4. The minimum Gasteiger partial charge on any atom is -0.438 e. The van der Waals surface area contributed by atoms with E-state index in [2.05, 4.69) is 20.3 Å². The average Bonchev–Trinajstić information content (AvgIpc) is 2.90. The topological polar surface area (TPSA) is 137 Å². The normalized spacial score (nSPS) is 12.4. The number of ether oxygens (including phenoxy) is 1. The maximum Gasteiger partial charge on any atom is 0.418 e. The maximum atomic E-state index is 14.1. The molecule has 0 aliphatic heterocycles. The van der Waals surface area contributed by atoms with Gasteiger partial charge >= 0.3 is 6.18 Å². The monoisotopic (exact) mass is 564 g/mol. The number of carbonyl (C=O) groups is 1. The molecule has 9 nitrogen and oxygen atoms in total. The van der Waals surface area contributed by atoms with Crippen molar-refractivity contribution in [3.8, 4) is 22.9 Å². The first-order valence-corrected chi connectivity index (χ1v) is 11.6. The van der Waals surface area contributed by atoms with Gasteiger partial charge in [-0.15, -0.1) is 0 Å². The van der Waals surface area contributed by atoms with Crippen LogP contribution in [0.5, 0.6) is 11.6 Å². The minimum absolute atomic E-state index is 0.0251. The number of nitrogens with one attached hydrogen (secondary N) is 2. The highest BCUT2D eigenvalue weighted by molar-refractivity contribution is 6.04. The molecular formula is C26H21F5N4O5. The van der Waals surface area contributed by atoms with Gasteiger partial charge in [-0.2, -0.15) is 13.2 Å². The van der Waals surface area contributed by atoms with E-state index < -0.39 is 53.3 Å². The van der Waals surface area contributed by atoms with Crippen LogP contribution in [0.3, 0.4) is 0 Å². The predicted octanol–water partition coefficient (Wildman–Crippen LogP) is 3.77. The molecule has 0 saturated carbocycles. The van der Waals surface area contributed by atoms with Crippen LogP contribution in [0.2, 0.25) is 0 Å². The fraction of sp³-hybridized carbons (Fsp3) is 0.231. The zero-order valence-electron chi connectivity index (χ0n) is 20.9. The molecule has 3 aromatic heterocycles. The maximum absolute atomic E-state index is 14.1. The molecule has 4 aromatic rings. The van der Waals surface area contributed by atoms with E-state index in [0.717, 1.165) is 25.1 Å². The fourth-order valence-corrected chi connectivity index (χ4v) is 3.97. The van der Waals surface area contributed by atoms with E-state index in [1.54, 1.807) is 0 Å². The highest BCUT2D eigenvalue weighted by atomic mass is 19.4. The number of alkyl halides is 3. The van der Waals surface area contributed by atoms with E-state index in [0.29, 0.717) is 6.20 Å². The Kier molecular flexibility index (Phi) is 7.84. The number of pyridine rings is 3. The van der Waals surface area contributed by atoms with Gasteiger partial charge in [0.25, 0.3) is 5.91 Å². The number of hydrogen-bond donors (Lipinski definition) is 4. The first-order chi connectivity index (χ1) is 18.8. The second-order valence-corrected chi connectivity index (χ2v) is 8.74. The molecule has 4 rings (SSSR count). The Balaban J connectivity index is 1.89. The molecule has 1 amide bonds. The van der Waals surface area contributed by atoms with E-state index >= 15 is 0 Å². The minimum atomic E-state index is -4.83. The van der Waals surface area contributed by atoms with Crippen LogP contribution >= 0.6 is 0 Å². The number of aliphatic hydroxyl groups is 2. The van der Waals surface area contributed by atoms with Crippen molar-refractivity contribution in [2.75, 3.05) is 13.2 Å². The molecule has 14 heteroatoms. The van der Waals surface area contributed by atoms with Gasteiger partial charge in [0.05, 0.1) is 40.4 Å². The van der Waals surface area contributed by atoms with Crippen molar-refractivity contribution in [3.05, 3.63) is 80.9 Å². The molecule has 1 unspecified atom stereocenters. The molecule has 0 fully saturated rings. The van der Waals surface area contributed by atoms with Crippen LogP contribution in [0.15, 0.2) is 41.5 Å². The number of halogens is 5. The first kappa shape index (κ1) is 28.6. The van der Waals surface area contributed by atoms with Crippen LogP contribution in [-0.4, -0.2) is 50.3 Å². The summed E-state index contributed by atoms with van der Waals surface area (Å²) in [6.07, 6.45) is -4.38. The van der Waals surface area contributed by atoms with Crippen molar-refractivity contribution in [2.24, 2.45) is 0 Å². The van der Waals surface area contributed by atoms with Crippen molar-refractivity contribution in [2.45, 2.75) is 26.1 Å². The summed E-state index contributed by atoms with van der Waals surface area (Å²) in [5.41, 5.74) is -3.32. The van der Waals surface area contributed by atoms with Gasteiger partial charge in [-0.05, 0) is 37.6 Å². The number of fused-ring (bicyclic) bond motifs is 1. The molecule has 1 atom stereocenters. The summed E-state index contributed by atoms with van der Waals surface area (Å²) in [5, 5.41) is 20.5. The third-order valence-electron chi connectivity index (χ3n) is 6.04. The van der Waals surface area contributed by atoms with Crippen LogP contribution in [0.1, 0.15) is 27.2 Å². The largest absolute Gasteiger partial charge is 0.438 e. The lowest BCUT2D eigenvalue weighted by molar-refractivity contribution is -0.138. The molecule has 210 valence electrons. The summed E-state index contributed by atoms with van der Waals surface area (Å²) >= 11 is 0. The SMILES string of the molecule is Cc1c(Oc2ncc(C(F)(F)F)c(C)c2-c2cc(=O)c3c(C(=O)NCC(O)CO)nccc3[nH]2)ccc(F)c1F. The highest BCUT2D eigenvalue weighted by Gasteiger charge is 2.35. The molecule has 0 bridgehead atoms. The molecular weight excluding hydrogens is 543 g/mol. The van der Waals surface area contributed by atoms with Gasteiger partial charge in [-0.25, -0.2) is 13.8 Å². The quantitative estimate of drug-likeness (QED) is 0.251. The van der Waals surface area contributed by atoms with Crippen molar-refractivity contribution in [1.82, 2.24) is 20.3 Å². The second kappa shape index (κ2) is 11.0. The molecule has 0 spiro atoms. The van der Waals surface area contributed by atoms with Crippen molar-refractivity contribution in [3.63, 3.8) is 0 Å². The molecule has 0 aliphatic carbocycles. The summed E-state index contributed by atoms with van der Waals surface area (Å²) < 4.78 is 74.7. The van der Waals surface area contributed by atoms with Crippen molar-refractivity contribution < 1.29 is 41.7 Å². The Bertz CT molecular complexity index is 1670. The Morgan fingerprint density at radius 2 is 1.88 bits per heavy atom. The lowest BCUT2D eigenvalue weighted by Crippen LogP contribution is -2.34. The van der Waals surface area contributed by atoms with Crippen LogP contribution < -0.4 is 15.5 Å².